The lowest BCUT2D eigenvalue weighted by Gasteiger charge is -2.25. The van der Waals surface area contributed by atoms with E-state index >= 15 is 0 Å². The van der Waals surface area contributed by atoms with Crippen molar-refractivity contribution >= 4 is 11.9 Å². The van der Waals surface area contributed by atoms with Crippen LogP contribution in [-0.2, 0) is 0 Å². The number of aromatic carboxylic acids is 1. The van der Waals surface area contributed by atoms with Crippen molar-refractivity contribution in [2.45, 2.75) is 13.3 Å². The highest BCUT2D eigenvalue weighted by Crippen LogP contribution is 2.15. The zero-order valence-corrected chi connectivity index (χ0v) is 9.05. The van der Waals surface area contributed by atoms with E-state index in [0.717, 1.165) is 19.5 Å². The maximum Gasteiger partial charge on any atom is 0.354 e. The Morgan fingerprint density at radius 2 is 2.38 bits per heavy atom. The monoisotopic (exact) mass is 219 g/mol. The predicted octanol–water partition coefficient (Wildman–Crippen LogP) is 1.33. The number of hydrogen-bond acceptors (Lipinski definition) is 4. The first-order valence-electron chi connectivity index (χ1n) is 5.14. The van der Waals surface area contributed by atoms with Gasteiger partial charge in [-0.05, 0) is 19.4 Å². The van der Waals surface area contributed by atoms with Crippen LogP contribution in [0.5, 0.6) is 0 Å². The molecule has 2 rings (SSSR count). The lowest BCUT2D eigenvalue weighted by atomic mass is 10.1. The van der Waals surface area contributed by atoms with E-state index in [1.165, 1.54) is 17.8 Å². The number of aromatic nitrogens is 2. The van der Waals surface area contributed by atoms with E-state index in [9.17, 15) is 4.79 Å². The molecule has 84 valence electrons. The molecule has 0 fully saturated rings. The van der Waals surface area contributed by atoms with E-state index in [2.05, 4.69) is 16.0 Å². The van der Waals surface area contributed by atoms with Crippen molar-refractivity contribution in [2.75, 3.05) is 18.0 Å². The molecule has 0 aromatic carbocycles. The molecule has 0 amide bonds. The maximum atomic E-state index is 10.8. The largest absolute Gasteiger partial charge is 0.477 e. The van der Waals surface area contributed by atoms with Crippen LogP contribution in [0.4, 0.5) is 5.95 Å². The lowest BCUT2D eigenvalue weighted by Crippen LogP contribution is -2.31. The van der Waals surface area contributed by atoms with Crippen molar-refractivity contribution in [2.24, 2.45) is 0 Å². The number of anilines is 1. The van der Waals surface area contributed by atoms with Crippen LogP contribution in [0.1, 0.15) is 23.8 Å². The minimum Gasteiger partial charge on any atom is -0.477 e. The Bertz CT molecular complexity index is 443. The first-order valence-corrected chi connectivity index (χ1v) is 5.14. The summed E-state index contributed by atoms with van der Waals surface area (Å²) in [5, 5.41) is 8.84. The molecule has 16 heavy (non-hydrogen) atoms. The molecule has 0 saturated heterocycles. The third-order valence-electron chi connectivity index (χ3n) is 2.48. The van der Waals surface area contributed by atoms with Crippen molar-refractivity contribution < 1.29 is 9.90 Å². The SMILES string of the molecule is CC1=CCCN(c2nccc(C(=O)O)n2)C1. The molecule has 1 N–H and O–H groups in total. The molecule has 1 aliphatic heterocycles. The highest BCUT2D eigenvalue weighted by atomic mass is 16.4. The normalized spacial score (nSPS) is 15.8. The Kier molecular flexibility index (Phi) is 2.85. The quantitative estimate of drug-likeness (QED) is 0.760. The maximum absolute atomic E-state index is 10.8. The van der Waals surface area contributed by atoms with E-state index in [0.29, 0.717) is 5.95 Å². The summed E-state index contributed by atoms with van der Waals surface area (Å²) in [6, 6.07) is 1.40. The van der Waals surface area contributed by atoms with E-state index < -0.39 is 5.97 Å². The Morgan fingerprint density at radius 1 is 1.56 bits per heavy atom. The Morgan fingerprint density at radius 3 is 3.06 bits per heavy atom. The summed E-state index contributed by atoms with van der Waals surface area (Å²) in [7, 11) is 0. The van der Waals surface area contributed by atoms with Gasteiger partial charge in [-0.1, -0.05) is 11.6 Å². The zero-order chi connectivity index (χ0) is 11.5. The van der Waals surface area contributed by atoms with Crippen LogP contribution >= 0.6 is 0 Å². The molecule has 0 bridgehead atoms. The molecular formula is C11H13N3O2. The number of carboxylic acid groups (broad SMARTS) is 1. The van der Waals surface area contributed by atoms with Gasteiger partial charge in [0.15, 0.2) is 5.69 Å². The van der Waals surface area contributed by atoms with Crippen LogP contribution in [0.25, 0.3) is 0 Å². The highest BCUT2D eigenvalue weighted by Gasteiger charge is 2.15. The predicted molar refractivity (Wildman–Crippen MR) is 59.6 cm³/mol. The van der Waals surface area contributed by atoms with Crippen LogP contribution < -0.4 is 4.90 Å². The van der Waals surface area contributed by atoms with Crippen molar-refractivity contribution in [3.8, 4) is 0 Å². The summed E-state index contributed by atoms with van der Waals surface area (Å²) >= 11 is 0. The molecule has 5 nitrogen and oxygen atoms in total. The summed E-state index contributed by atoms with van der Waals surface area (Å²) < 4.78 is 0. The van der Waals surface area contributed by atoms with Gasteiger partial charge in [0.2, 0.25) is 5.95 Å². The standard InChI is InChI=1S/C11H13N3O2/c1-8-3-2-6-14(7-8)11-12-5-4-9(13-11)10(15)16/h3-5H,2,6-7H2,1H3,(H,15,16). The fraction of sp³-hybridized carbons (Fsp3) is 0.364. The van der Waals surface area contributed by atoms with Gasteiger partial charge in [0.05, 0.1) is 0 Å². The molecule has 0 unspecified atom stereocenters. The minimum atomic E-state index is -1.02. The summed E-state index contributed by atoms with van der Waals surface area (Å²) in [6.45, 7) is 3.65. The first-order chi connectivity index (χ1) is 7.66. The fourth-order valence-electron chi connectivity index (χ4n) is 1.70. The van der Waals surface area contributed by atoms with Gasteiger partial charge in [0.25, 0.3) is 0 Å². The van der Waals surface area contributed by atoms with Crippen molar-refractivity contribution in [3.05, 3.63) is 29.6 Å². The molecular weight excluding hydrogens is 206 g/mol. The number of rotatable bonds is 2. The zero-order valence-electron chi connectivity index (χ0n) is 9.05. The van der Waals surface area contributed by atoms with Crippen LogP contribution in [-0.4, -0.2) is 34.1 Å². The average Bonchev–Trinajstić information content (AvgIpc) is 2.29. The van der Waals surface area contributed by atoms with E-state index in [1.807, 2.05) is 11.8 Å². The van der Waals surface area contributed by atoms with Gasteiger partial charge < -0.3 is 10.0 Å². The second-order valence-electron chi connectivity index (χ2n) is 3.81. The first kappa shape index (κ1) is 10.6. The van der Waals surface area contributed by atoms with Crippen molar-refractivity contribution in [1.82, 2.24) is 9.97 Å². The Hall–Kier alpha value is -1.91. The van der Waals surface area contributed by atoms with Gasteiger partial charge >= 0.3 is 5.97 Å². The third kappa shape index (κ3) is 2.18. The van der Waals surface area contributed by atoms with Crippen LogP contribution in [0, 0.1) is 0 Å². The topological polar surface area (TPSA) is 66.3 Å². The number of carboxylic acids is 1. The van der Waals surface area contributed by atoms with Crippen LogP contribution in [0.3, 0.4) is 0 Å². The van der Waals surface area contributed by atoms with Crippen molar-refractivity contribution in [1.29, 1.82) is 0 Å². The lowest BCUT2D eigenvalue weighted by molar-refractivity contribution is 0.0690. The van der Waals surface area contributed by atoms with Gasteiger partial charge in [-0.15, -0.1) is 0 Å². The smallest absolute Gasteiger partial charge is 0.354 e. The van der Waals surface area contributed by atoms with Crippen LogP contribution in [0.15, 0.2) is 23.9 Å². The molecule has 1 aliphatic rings. The van der Waals surface area contributed by atoms with Gasteiger partial charge in [-0.2, -0.15) is 0 Å². The molecule has 2 heterocycles. The second-order valence-corrected chi connectivity index (χ2v) is 3.81. The fourth-order valence-corrected chi connectivity index (χ4v) is 1.70. The minimum absolute atomic E-state index is 0.0391. The molecule has 0 spiro atoms. The molecule has 0 saturated carbocycles. The summed E-state index contributed by atoms with van der Waals surface area (Å²) in [4.78, 5) is 20.9. The average molecular weight is 219 g/mol. The van der Waals surface area contributed by atoms with E-state index in [1.54, 1.807) is 0 Å². The van der Waals surface area contributed by atoms with E-state index in [-0.39, 0.29) is 5.69 Å². The molecule has 1 aromatic heterocycles. The number of hydrogen-bond donors (Lipinski definition) is 1. The summed E-state index contributed by atoms with van der Waals surface area (Å²) in [5.74, 6) is -0.528. The van der Waals surface area contributed by atoms with Crippen LogP contribution in [0.2, 0.25) is 0 Å². The molecule has 0 atom stereocenters. The molecule has 5 heteroatoms. The van der Waals surface area contributed by atoms with Crippen molar-refractivity contribution in [3.63, 3.8) is 0 Å². The molecule has 1 aromatic rings. The van der Waals surface area contributed by atoms with Gasteiger partial charge in [-0.3, -0.25) is 0 Å². The van der Waals surface area contributed by atoms with E-state index in [4.69, 9.17) is 5.11 Å². The van der Waals surface area contributed by atoms with Gasteiger partial charge in [-0.25, -0.2) is 14.8 Å². The molecule has 0 radical (unpaired) electrons. The number of nitrogens with zero attached hydrogens (tertiary/aromatic N) is 3. The second kappa shape index (κ2) is 4.30. The highest BCUT2D eigenvalue weighted by molar-refractivity contribution is 5.85. The van der Waals surface area contributed by atoms with Gasteiger partial charge in [0, 0.05) is 19.3 Å². The summed E-state index contributed by atoms with van der Waals surface area (Å²) in [5.41, 5.74) is 1.30. The molecule has 0 aliphatic carbocycles. The van der Waals surface area contributed by atoms with Gasteiger partial charge in [0.1, 0.15) is 0 Å². The third-order valence-corrected chi connectivity index (χ3v) is 2.48. The number of carbonyl (C=O) groups is 1. The summed E-state index contributed by atoms with van der Waals surface area (Å²) in [6.07, 6.45) is 4.61. The Labute approximate surface area is 93.4 Å². The Balaban J connectivity index is 2.24.